The van der Waals surface area contributed by atoms with E-state index in [1.165, 1.54) is 19.3 Å². The van der Waals surface area contributed by atoms with Crippen molar-refractivity contribution in [3.63, 3.8) is 0 Å². The molecule has 0 aliphatic heterocycles. The molecule has 1 aromatic heterocycles. The van der Waals surface area contributed by atoms with Gasteiger partial charge in [0.25, 0.3) is 0 Å². The van der Waals surface area contributed by atoms with E-state index in [0.29, 0.717) is 6.04 Å². The first-order valence-electron chi connectivity index (χ1n) is 5.61. The molecule has 1 heterocycles. The lowest BCUT2D eigenvalue weighted by Gasteiger charge is -2.13. The van der Waals surface area contributed by atoms with E-state index < -0.39 is 0 Å². The van der Waals surface area contributed by atoms with Crippen LogP contribution in [0.2, 0.25) is 0 Å². The van der Waals surface area contributed by atoms with Gasteiger partial charge in [0.2, 0.25) is 0 Å². The molecular formula is C11H18N4S. The van der Waals surface area contributed by atoms with E-state index in [4.69, 9.17) is 0 Å². The van der Waals surface area contributed by atoms with Gasteiger partial charge in [-0.3, -0.25) is 0 Å². The highest BCUT2D eigenvalue weighted by atomic mass is 32.2. The minimum Gasteiger partial charge on any atom is -0.373 e. The fourth-order valence-electron chi connectivity index (χ4n) is 2.07. The van der Waals surface area contributed by atoms with Crippen LogP contribution in [0.15, 0.2) is 12.4 Å². The zero-order valence-electron chi connectivity index (χ0n) is 9.73. The molecule has 1 aliphatic rings. The number of rotatable bonds is 4. The van der Waals surface area contributed by atoms with Crippen molar-refractivity contribution in [2.45, 2.75) is 30.6 Å². The van der Waals surface area contributed by atoms with Crippen molar-refractivity contribution >= 4 is 23.4 Å². The third-order valence-electron chi connectivity index (χ3n) is 2.99. The highest BCUT2D eigenvalue weighted by molar-refractivity contribution is 7.99. The van der Waals surface area contributed by atoms with E-state index in [1.807, 2.05) is 24.9 Å². The fourth-order valence-corrected chi connectivity index (χ4v) is 2.86. The average Bonchev–Trinajstić information content (AvgIpc) is 2.77. The average molecular weight is 238 g/mol. The molecule has 1 saturated carbocycles. The number of nitrogens with zero attached hydrogens (tertiary/aromatic N) is 2. The molecule has 1 aromatic rings. The molecule has 2 unspecified atom stereocenters. The van der Waals surface area contributed by atoms with Crippen molar-refractivity contribution in [1.82, 2.24) is 9.97 Å². The predicted octanol–water partition coefficient (Wildman–Crippen LogP) is 2.21. The van der Waals surface area contributed by atoms with Crippen molar-refractivity contribution in [2.24, 2.45) is 0 Å². The number of hydrogen-bond donors (Lipinski definition) is 2. The molecule has 0 radical (unpaired) electrons. The lowest BCUT2D eigenvalue weighted by molar-refractivity contribution is 0.751. The summed E-state index contributed by atoms with van der Waals surface area (Å²) in [6, 6.07) is 2.52. The number of nitrogens with one attached hydrogen (secondary N) is 2. The van der Waals surface area contributed by atoms with E-state index in [1.54, 1.807) is 6.33 Å². The molecule has 0 saturated heterocycles. The normalized spacial score (nSPS) is 24.4. The summed E-state index contributed by atoms with van der Waals surface area (Å²) in [5.41, 5.74) is 0. The Morgan fingerprint density at radius 1 is 1.31 bits per heavy atom. The lowest BCUT2D eigenvalue weighted by atomic mass is 10.2. The van der Waals surface area contributed by atoms with E-state index in [2.05, 4.69) is 26.9 Å². The zero-order valence-corrected chi connectivity index (χ0v) is 10.5. The molecule has 0 aromatic carbocycles. The van der Waals surface area contributed by atoms with Gasteiger partial charge < -0.3 is 10.6 Å². The van der Waals surface area contributed by atoms with Gasteiger partial charge in [0.05, 0.1) is 0 Å². The summed E-state index contributed by atoms with van der Waals surface area (Å²) in [6.07, 6.45) is 7.57. The second-order valence-electron chi connectivity index (χ2n) is 4.05. The van der Waals surface area contributed by atoms with Crippen LogP contribution in [0, 0.1) is 0 Å². The first kappa shape index (κ1) is 11.5. The van der Waals surface area contributed by atoms with Gasteiger partial charge in [0, 0.05) is 24.4 Å². The lowest BCUT2D eigenvalue weighted by Crippen LogP contribution is -2.17. The maximum absolute atomic E-state index is 4.23. The Kier molecular flexibility index (Phi) is 3.88. The maximum atomic E-state index is 4.23. The van der Waals surface area contributed by atoms with Crippen molar-refractivity contribution in [2.75, 3.05) is 23.9 Å². The fraction of sp³-hybridized carbons (Fsp3) is 0.636. The number of hydrogen-bond acceptors (Lipinski definition) is 5. The van der Waals surface area contributed by atoms with Gasteiger partial charge in [0.15, 0.2) is 0 Å². The van der Waals surface area contributed by atoms with Crippen LogP contribution in [0.1, 0.15) is 19.3 Å². The van der Waals surface area contributed by atoms with Crippen LogP contribution in [0.25, 0.3) is 0 Å². The summed E-state index contributed by atoms with van der Waals surface area (Å²) in [5.74, 6) is 1.78. The number of aromatic nitrogens is 2. The van der Waals surface area contributed by atoms with Crippen LogP contribution in [-0.4, -0.2) is 34.6 Å². The Labute approximate surface area is 101 Å². The molecular weight excluding hydrogens is 220 g/mol. The summed E-state index contributed by atoms with van der Waals surface area (Å²) in [4.78, 5) is 8.33. The van der Waals surface area contributed by atoms with Crippen LogP contribution in [0.4, 0.5) is 11.6 Å². The smallest absolute Gasteiger partial charge is 0.131 e. The minimum absolute atomic E-state index is 0.567. The molecule has 0 bridgehead atoms. The van der Waals surface area contributed by atoms with Crippen LogP contribution in [-0.2, 0) is 0 Å². The van der Waals surface area contributed by atoms with E-state index >= 15 is 0 Å². The molecule has 1 aliphatic carbocycles. The quantitative estimate of drug-likeness (QED) is 0.842. The molecule has 2 N–H and O–H groups in total. The second kappa shape index (κ2) is 5.39. The standard InChI is InChI=1S/C11H18N4S/c1-12-10-6-11(14-7-13-10)15-8-3-4-9(5-8)16-2/h6-9H,3-5H2,1-2H3,(H2,12,13,14,15). The van der Waals surface area contributed by atoms with Crippen molar-refractivity contribution < 1.29 is 0 Å². The SMILES string of the molecule is CNc1cc(NC2CCC(SC)C2)ncn1. The Balaban J connectivity index is 1.94. The zero-order chi connectivity index (χ0) is 11.4. The highest BCUT2D eigenvalue weighted by Crippen LogP contribution is 2.29. The van der Waals surface area contributed by atoms with Crippen molar-refractivity contribution in [3.8, 4) is 0 Å². The van der Waals surface area contributed by atoms with Crippen LogP contribution in [0.5, 0.6) is 0 Å². The largest absolute Gasteiger partial charge is 0.373 e. The number of anilines is 2. The molecule has 5 heteroatoms. The Hall–Kier alpha value is -0.970. The topological polar surface area (TPSA) is 49.8 Å². The summed E-state index contributed by atoms with van der Waals surface area (Å²) >= 11 is 1.97. The monoisotopic (exact) mass is 238 g/mol. The molecule has 2 atom stereocenters. The van der Waals surface area contributed by atoms with Gasteiger partial charge in [-0.05, 0) is 25.5 Å². The van der Waals surface area contributed by atoms with Crippen LogP contribution >= 0.6 is 11.8 Å². The molecule has 16 heavy (non-hydrogen) atoms. The van der Waals surface area contributed by atoms with Gasteiger partial charge in [-0.2, -0.15) is 11.8 Å². The third kappa shape index (κ3) is 2.78. The summed E-state index contributed by atoms with van der Waals surface area (Å²) in [7, 11) is 1.87. The highest BCUT2D eigenvalue weighted by Gasteiger charge is 2.23. The van der Waals surface area contributed by atoms with Gasteiger partial charge in [-0.15, -0.1) is 0 Å². The molecule has 1 fully saturated rings. The van der Waals surface area contributed by atoms with Crippen LogP contribution < -0.4 is 10.6 Å². The third-order valence-corrected chi connectivity index (χ3v) is 4.09. The summed E-state index contributed by atoms with van der Waals surface area (Å²) < 4.78 is 0. The Morgan fingerprint density at radius 3 is 2.81 bits per heavy atom. The van der Waals surface area contributed by atoms with E-state index in [-0.39, 0.29) is 0 Å². The molecule has 2 rings (SSSR count). The number of thioether (sulfide) groups is 1. The molecule has 88 valence electrons. The summed E-state index contributed by atoms with van der Waals surface area (Å²) in [5, 5.41) is 7.30. The first-order chi connectivity index (χ1) is 7.81. The maximum Gasteiger partial charge on any atom is 0.131 e. The van der Waals surface area contributed by atoms with Gasteiger partial charge in [-0.1, -0.05) is 0 Å². The van der Waals surface area contributed by atoms with Gasteiger partial charge >= 0.3 is 0 Å². The minimum atomic E-state index is 0.567. The van der Waals surface area contributed by atoms with Crippen LogP contribution in [0.3, 0.4) is 0 Å². The molecule has 4 nitrogen and oxygen atoms in total. The first-order valence-corrected chi connectivity index (χ1v) is 6.89. The Morgan fingerprint density at radius 2 is 2.12 bits per heavy atom. The van der Waals surface area contributed by atoms with Crippen molar-refractivity contribution in [3.05, 3.63) is 12.4 Å². The van der Waals surface area contributed by atoms with Crippen molar-refractivity contribution in [1.29, 1.82) is 0 Å². The van der Waals surface area contributed by atoms with E-state index in [0.717, 1.165) is 16.9 Å². The molecule has 0 amide bonds. The molecule has 0 spiro atoms. The van der Waals surface area contributed by atoms with Gasteiger partial charge in [-0.25, -0.2) is 9.97 Å². The predicted molar refractivity (Wildman–Crippen MR) is 70.1 cm³/mol. The second-order valence-corrected chi connectivity index (χ2v) is 5.19. The van der Waals surface area contributed by atoms with E-state index in [9.17, 15) is 0 Å². The Bertz CT molecular complexity index is 345. The van der Waals surface area contributed by atoms with Gasteiger partial charge in [0.1, 0.15) is 18.0 Å². The summed E-state index contributed by atoms with van der Waals surface area (Å²) in [6.45, 7) is 0.